The summed E-state index contributed by atoms with van der Waals surface area (Å²) in [5, 5.41) is 17.2. The van der Waals surface area contributed by atoms with Gasteiger partial charge in [0.1, 0.15) is 0 Å². The molecule has 1 N–H and O–H groups in total. The summed E-state index contributed by atoms with van der Waals surface area (Å²) in [6.45, 7) is 5.44. The second-order valence-corrected chi connectivity index (χ2v) is 5.27. The number of aliphatic carboxylic acids is 1. The lowest BCUT2D eigenvalue weighted by atomic mass is 10.2. The Kier molecular flexibility index (Phi) is 3.16. The molecule has 0 aliphatic carbocycles. The summed E-state index contributed by atoms with van der Waals surface area (Å²) >= 11 is 1.39. The maximum absolute atomic E-state index is 12.3. The number of carbonyl (C=O) groups is 1. The number of rotatable bonds is 3. The molecule has 6 nitrogen and oxygen atoms in total. The summed E-state index contributed by atoms with van der Waals surface area (Å²) in [5.41, 5.74) is 0.472. The fourth-order valence-electron chi connectivity index (χ4n) is 1.83. The van der Waals surface area contributed by atoms with Crippen molar-refractivity contribution in [3.05, 3.63) is 20.8 Å². The number of hydrogen-bond acceptors (Lipinski definition) is 5. The van der Waals surface area contributed by atoms with Crippen molar-refractivity contribution in [2.75, 3.05) is 0 Å². The lowest BCUT2D eigenvalue weighted by Gasteiger charge is -2.10. The fourth-order valence-corrected chi connectivity index (χ4v) is 2.80. The molecule has 0 aliphatic heterocycles. The maximum Gasteiger partial charge on any atom is 0.328 e. The predicted octanol–water partition coefficient (Wildman–Crippen LogP) is 1.51. The number of hydrogen-bond donors (Lipinski definition) is 1. The molecule has 96 valence electrons. The highest BCUT2D eigenvalue weighted by Crippen LogP contribution is 2.25. The largest absolute Gasteiger partial charge is 0.480 e. The molecule has 0 aromatic carbocycles. The fraction of sp³-hybridized carbons (Fsp3) is 0.455. The van der Waals surface area contributed by atoms with Crippen LogP contribution in [0, 0.1) is 13.8 Å². The summed E-state index contributed by atoms with van der Waals surface area (Å²) in [7, 11) is 0. The van der Waals surface area contributed by atoms with E-state index in [9.17, 15) is 9.59 Å². The van der Waals surface area contributed by atoms with Gasteiger partial charge in [0.25, 0.3) is 5.56 Å². The normalized spacial score (nSPS) is 12.8. The van der Waals surface area contributed by atoms with Gasteiger partial charge in [-0.25, -0.2) is 4.79 Å². The molecule has 7 heteroatoms. The van der Waals surface area contributed by atoms with Crippen LogP contribution in [0.1, 0.15) is 29.8 Å². The Morgan fingerprint density at radius 1 is 1.50 bits per heavy atom. The summed E-state index contributed by atoms with van der Waals surface area (Å²) in [4.78, 5) is 24.9. The molecule has 2 rings (SSSR count). The minimum absolute atomic E-state index is 0.289. The molecule has 0 radical (unpaired) electrons. The number of aromatic nitrogens is 3. The Morgan fingerprint density at radius 3 is 2.72 bits per heavy atom. The monoisotopic (exact) mass is 267 g/mol. The summed E-state index contributed by atoms with van der Waals surface area (Å²) in [6.07, 6.45) is 0.289. The SMILES string of the molecule is CCC(C(=O)O)n1nnc2sc(C)c(C)c2c1=O. The molecule has 0 saturated heterocycles. The van der Waals surface area contributed by atoms with E-state index in [1.165, 1.54) is 11.3 Å². The third kappa shape index (κ3) is 1.80. The molecule has 0 amide bonds. The van der Waals surface area contributed by atoms with Crippen molar-refractivity contribution >= 4 is 27.5 Å². The molecule has 2 aromatic rings. The minimum atomic E-state index is -1.07. The molecule has 0 spiro atoms. The standard InChI is InChI=1S/C11H13N3O3S/c1-4-7(11(16)17)14-10(15)8-5(2)6(3)18-9(8)12-13-14/h7H,4H2,1-3H3,(H,16,17). The first kappa shape index (κ1) is 12.7. The molecular formula is C11H13N3O3S. The third-order valence-corrected chi connectivity index (χ3v) is 4.08. The predicted molar refractivity (Wildman–Crippen MR) is 68.1 cm³/mol. The van der Waals surface area contributed by atoms with Crippen LogP contribution >= 0.6 is 11.3 Å². The minimum Gasteiger partial charge on any atom is -0.480 e. The van der Waals surface area contributed by atoms with Gasteiger partial charge in [0, 0.05) is 4.88 Å². The zero-order valence-electron chi connectivity index (χ0n) is 10.3. The van der Waals surface area contributed by atoms with E-state index in [0.717, 1.165) is 15.1 Å². The molecule has 1 unspecified atom stereocenters. The third-order valence-electron chi connectivity index (χ3n) is 2.99. The molecule has 1 atom stereocenters. The number of fused-ring (bicyclic) bond motifs is 1. The quantitative estimate of drug-likeness (QED) is 0.911. The van der Waals surface area contributed by atoms with Crippen LogP contribution in [0.2, 0.25) is 0 Å². The van der Waals surface area contributed by atoms with Gasteiger partial charge in [0.05, 0.1) is 5.39 Å². The van der Waals surface area contributed by atoms with E-state index < -0.39 is 12.0 Å². The van der Waals surface area contributed by atoms with Gasteiger partial charge in [-0.2, -0.15) is 4.68 Å². The van der Waals surface area contributed by atoms with Gasteiger partial charge in [0.15, 0.2) is 10.9 Å². The lowest BCUT2D eigenvalue weighted by molar-refractivity contribution is -0.141. The van der Waals surface area contributed by atoms with E-state index in [0.29, 0.717) is 10.2 Å². The lowest BCUT2D eigenvalue weighted by Crippen LogP contribution is -2.32. The van der Waals surface area contributed by atoms with Crippen molar-refractivity contribution in [2.24, 2.45) is 0 Å². The van der Waals surface area contributed by atoms with Crippen LogP contribution in [0.5, 0.6) is 0 Å². The maximum atomic E-state index is 12.3. The molecule has 2 heterocycles. The molecule has 18 heavy (non-hydrogen) atoms. The molecule has 0 bridgehead atoms. The topological polar surface area (TPSA) is 85.1 Å². The van der Waals surface area contributed by atoms with Crippen LogP contribution in [-0.4, -0.2) is 26.1 Å². The Bertz CT molecular complexity index is 674. The van der Waals surface area contributed by atoms with Crippen molar-refractivity contribution in [2.45, 2.75) is 33.2 Å². The van der Waals surface area contributed by atoms with E-state index in [4.69, 9.17) is 5.11 Å². The van der Waals surface area contributed by atoms with E-state index in [2.05, 4.69) is 10.3 Å². The van der Waals surface area contributed by atoms with Crippen molar-refractivity contribution in [3.8, 4) is 0 Å². The Labute approximate surface area is 107 Å². The van der Waals surface area contributed by atoms with Crippen LogP contribution < -0.4 is 5.56 Å². The van der Waals surface area contributed by atoms with E-state index >= 15 is 0 Å². The van der Waals surface area contributed by atoms with Gasteiger partial charge < -0.3 is 5.11 Å². The summed E-state index contributed by atoms with van der Waals surface area (Å²) in [5.74, 6) is -1.07. The first-order valence-corrected chi connectivity index (χ1v) is 6.37. The molecule has 2 aromatic heterocycles. The molecule has 0 saturated carbocycles. The zero-order valence-corrected chi connectivity index (χ0v) is 11.1. The van der Waals surface area contributed by atoms with Crippen LogP contribution in [0.4, 0.5) is 0 Å². The zero-order chi connectivity index (χ0) is 13.4. The highest BCUT2D eigenvalue weighted by Gasteiger charge is 2.22. The van der Waals surface area contributed by atoms with Crippen molar-refractivity contribution in [1.29, 1.82) is 0 Å². The Balaban J connectivity index is 2.75. The second kappa shape index (κ2) is 4.49. The van der Waals surface area contributed by atoms with Gasteiger partial charge in [-0.3, -0.25) is 4.79 Å². The molecular weight excluding hydrogens is 254 g/mol. The Hall–Kier alpha value is -1.76. The number of carboxylic acid groups (broad SMARTS) is 1. The van der Waals surface area contributed by atoms with Crippen molar-refractivity contribution in [1.82, 2.24) is 15.0 Å². The average molecular weight is 267 g/mol. The number of carboxylic acids is 1. The van der Waals surface area contributed by atoms with E-state index in [1.54, 1.807) is 6.92 Å². The second-order valence-electron chi connectivity index (χ2n) is 4.06. The van der Waals surface area contributed by atoms with Crippen LogP contribution in [-0.2, 0) is 4.79 Å². The van der Waals surface area contributed by atoms with Crippen molar-refractivity contribution in [3.63, 3.8) is 0 Å². The highest BCUT2D eigenvalue weighted by atomic mass is 32.1. The van der Waals surface area contributed by atoms with Gasteiger partial charge in [0.2, 0.25) is 0 Å². The first-order valence-electron chi connectivity index (χ1n) is 5.55. The number of nitrogens with zero attached hydrogens (tertiary/aromatic N) is 3. The number of aryl methyl sites for hydroxylation is 2. The van der Waals surface area contributed by atoms with Gasteiger partial charge in [-0.1, -0.05) is 12.1 Å². The summed E-state index contributed by atoms with van der Waals surface area (Å²) < 4.78 is 0.962. The van der Waals surface area contributed by atoms with Crippen molar-refractivity contribution < 1.29 is 9.90 Å². The summed E-state index contributed by atoms with van der Waals surface area (Å²) in [6, 6.07) is -0.964. The van der Waals surface area contributed by atoms with Gasteiger partial charge >= 0.3 is 5.97 Å². The van der Waals surface area contributed by atoms with E-state index in [1.807, 2.05) is 13.8 Å². The molecule has 0 aliphatic rings. The van der Waals surface area contributed by atoms with Crippen LogP contribution in [0.3, 0.4) is 0 Å². The Morgan fingerprint density at radius 2 is 2.17 bits per heavy atom. The number of thiophene rings is 1. The van der Waals surface area contributed by atoms with Crippen LogP contribution in [0.15, 0.2) is 4.79 Å². The first-order chi connectivity index (χ1) is 8.47. The van der Waals surface area contributed by atoms with Gasteiger partial charge in [-0.15, -0.1) is 16.4 Å². The van der Waals surface area contributed by atoms with Gasteiger partial charge in [-0.05, 0) is 25.8 Å². The average Bonchev–Trinajstić information content (AvgIpc) is 2.59. The van der Waals surface area contributed by atoms with E-state index in [-0.39, 0.29) is 12.0 Å². The molecule has 0 fully saturated rings. The van der Waals surface area contributed by atoms with Crippen LogP contribution in [0.25, 0.3) is 10.2 Å². The smallest absolute Gasteiger partial charge is 0.328 e. The highest BCUT2D eigenvalue weighted by molar-refractivity contribution is 7.18.